The Kier molecular flexibility index (Phi) is 5.13. The standard InChI is InChI=1S/C22H25N/c1-2-9-18-14-15-20(17-10-5-3-6-11-17)21(16-23)22(18)19-12-7-4-8-13-19/h3,5-6,10-11,14-15,19H,2,4,7-9,12-13H2,1H3. The van der Waals surface area contributed by atoms with Crippen molar-refractivity contribution in [1.82, 2.24) is 0 Å². The average molecular weight is 303 g/mol. The van der Waals surface area contributed by atoms with Crippen molar-refractivity contribution in [2.45, 2.75) is 57.8 Å². The molecular weight excluding hydrogens is 278 g/mol. The van der Waals surface area contributed by atoms with Crippen molar-refractivity contribution in [2.75, 3.05) is 0 Å². The van der Waals surface area contributed by atoms with Gasteiger partial charge in [-0.3, -0.25) is 0 Å². The number of nitriles is 1. The molecule has 1 saturated carbocycles. The van der Waals surface area contributed by atoms with Crippen molar-refractivity contribution in [1.29, 1.82) is 5.26 Å². The van der Waals surface area contributed by atoms with Gasteiger partial charge in [-0.25, -0.2) is 0 Å². The van der Waals surface area contributed by atoms with Gasteiger partial charge in [0, 0.05) is 0 Å². The summed E-state index contributed by atoms with van der Waals surface area (Å²) in [6.45, 7) is 2.22. The van der Waals surface area contributed by atoms with Gasteiger partial charge in [0.2, 0.25) is 0 Å². The smallest absolute Gasteiger partial charge is 0.100 e. The quantitative estimate of drug-likeness (QED) is 0.657. The second kappa shape index (κ2) is 7.47. The first-order valence-electron chi connectivity index (χ1n) is 8.96. The van der Waals surface area contributed by atoms with E-state index in [-0.39, 0.29) is 0 Å². The van der Waals surface area contributed by atoms with Gasteiger partial charge in [0.05, 0.1) is 5.56 Å². The summed E-state index contributed by atoms with van der Waals surface area (Å²) in [5.41, 5.74) is 5.94. The summed E-state index contributed by atoms with van der Waals surface area (Å²) in [4.78, 5) is 0. The van der Waals surface area contributed by atoms with E-state index in [1.807, 2.05) is 6.07 Å². The number of hydrogen-bond donors (Lipinski definition) is 0. The largest absolute Gasteiger partial charge is 0.192 e. The van der Waals surface area contributed by atoms with Crippen molar-refractivity contribution in [3.05, 3.63) is 59.2 Å². The molecule has 0 heterocycles. The molecular formula is C22H25N. The number of benzene rings is 2. The van der Waals surface area contributed by atoms with Gasteiger partial charge in [0.15, 0.2) is 0 Å². The van der Waals surface area contributed by atoms with E-state index in [4.69, 9.17) is 0 Å². The maximum atomic E-state index is 9.93. The van der Waals surface area contributed by atoms with Crippen LogP contribution in [0.15, 0.2) is 42.5 Å². The van der Waals surface area contributed by atoms with Gasteiger partial charge >= 0.3 is 0 Å². The lowest BCUT2D eigenvalue weighted by atomic mass is 9.77. The van der Waals surface area contributed by atoms with Gasteiger partial charge in [0.25, 0.3) is 0 Å². The van der Waals surface area contributed by atoms with Crippen LogP contribution in [0.25, 0.3) is 11.1 Å². The molecule has 0 aromatic heterocycles. The summed E-state index contributed by atoms with van der Waals surface area (Å²) in [5.74, 6) is 0.573. The molecule has 1 aliphatic carbocycles. The first-order chi connectivity index (χ1) is 11.3. The van der Waals surface area contributed by atoms with E-state index in [0.29, 0.717) is 5.92 Å². The van der Waals surface area contributed by atoms with Crippen molar-refractivity contribution < 1.29 is 0 Å². The Morgan fingerprint density at radius 2 is 1.74 bits per heavy atom. The molecule has 0 bridgehead atoms. The van der Waals surface area contributed by atoms with Crippen LogP contribution in [0.4, 0.5) is 0 Å². The molecule has 1 heteroatoms. The molecule has 0 amide bonds. The van der Waals surface area contributed by atoms with Crippen LogP contribution in [0.5, 0.6) is 0 Å². The third kappa shape index (κ3) is 3.32. The highest BCUT2D eigenvalue weighted by Crippen LogP contribution is 2.39. The summed E-state index contributed by atoms with van der Waals surface area (Å²) < 4.78 is 0. The molecule has 1 aliphatic rings. The molecule has 23 heavy (non-hydrogen) atoms. The monoisotopic (exact) mass is 303 g/mol. The number of aryl methyl sites for hydroxylation is 1. The number of nitrogens with zero attached hydrogens (tertiary/aromatic N) is 1. The molecule has 0 radical (unpaired) electrons. The van der Waals surface area contributed by atoms with E-state index in [9.17, 15) is 5.26 Å². The van der Waals surface area contributed by atoms with Gasteiger partial charge in [-0.2, -0.15) is 5.26 Å². The van der Waals surface area contributed by atoms with Crippen LogP contribution >= 0.6 is 0 Å². The van der Waals surface area contributed by atoms with Crippen LogP contribution < -0.4 is 0 Å². The fourth-order valence-electron chi connectivity index (χ4n) is 3.99. The zero-order valence-corrected chi connectivity index (χ0v) is 14.0. The van der Waals surface area contributed by atoms with Gasteiger partial charge in [-0.1, -0.05) is 75.1 Å². The van der Waals surface area contributed by atoms with Crippen molar-refractivity contribution in [2.24, 2.45) is 0 Å². The first kappa shape index (κ1) is 15.8. The summed E-state index contributed by atoms with van der Waals surface area (Å²) in [6, 6.07) is 17.3. The Morgan fingerprint density at radius 3 is 2.39 bits per heavy atom. The highest BCUT2D eigenvalue weighted by Gasteiger charge is 2.23. The van der Waals surface area contributed by atoms with Crippen molar-refractivity contribution >= 4 is 0 Å². The zero-order chi connectivity index (χ0) is 16.1. The van der Waals surface area contributed by atoms with Gasteiger partial charge < -0.3 is 0 Å². The maximum absolute atomic E-state index is 9.93. The number of hydrogen-bond acceptors (Lipinski definition) is 1. The lowest BCUT2D eigenvalue weighted by Crippen LogP contribution is -2.10. The van der Waals surface area contributed by atoms with Gasteiger partial charge in [0.1, 0.15) is 6.07 Å². The zero-order valence-electron chi connectivity index (χ0n) is 14.0. The fourth-order valence-corrected chi connectivity index (χ4v) is 3.99. The van der Waals surface area contributed by atoms with Crippen LogP contribution in [-0.2, 0) is 6.42 Å². The minimum Gasteiger partial charge on any atom is -0.192 e. The molecule has 118 valence electrons. The highest BCUT2D eigenvalue weighted by molar-refractivity contribution is 5.73. The predicted octanol–water partition coefficient (Wildman–Crippen LogP) is 6.23. The van der Waals surface area contributed by atoms with E-state index < -0.39 is 0 Å². The molecule has 0 saturated heterocycles. The van der Waals surface area contributed by atoms with Crippen LogP contribution in [0.1, 0.15) is 68.1 Å². The maximum Gasteiger partial charge on any atom is 0.100 e. The van der Waals surface area contributed by atoms with Crippen molar-refractivity contribution in [3.8, 4) is 17.2 Å². The molecule has 0 aliphatic heterocycles. The van der Waals surface area contributed by atoms with Crippen LogP contribution in [0.3, 0.4) is 0 Å². The van der Waals surface area contributed by atoms with Gasteiger partial charge in [-0.05, 0) is 47.4 Å². The normalized spacial score (nSPS) is 15.3. The summed E-state index contributed by atoms with van der Waals surface area (Å²) >= 11 is 0. The van der Waals surface area contributed by atoms with Crippen LogP contribution in [0, 0.1) is 11.3 Å². The lowest BCUT2D eigenvalue weighted by molar-refractivity contribution is 0.441. The molecule has 2 aromatic carbocycles. The van der Waals surface area contributed by atoms with E-state index in [2.05, 4.69) is 49.4 Å². The Hall–Kier alpha value is -2.07. The third-order valence-corrected chi connectivity index (χ3v) is 5.07. The second-order valence-electron chi connectivity index (χ2n) is 6.62. The molecule has 0 N–H and O–H groups in total. The molecule has 2 aromatic rings. The SMILES string of the molecule is CCCc1ccc(-c2ccccc2)c(C#N)c1C1CCCCC1. The Balaban J connectivity index is 2.14. The molecule has 1 nitrogen and oxygen atoms in total. The first-order valence-corrected chi connectivity index (χ1v) is 8.96. The van der Waals surface area contributed by atoms with E-state index in [0.717, 1.165) is 29.5 Å². The van der Waals surface area contributed by atoms with E-state index in [1.54, 1.807) is 0 Å². The lowest BCUT2D eigenvalue weighted by Gasteiger charge is -2.26. The summed E-state index contributed by atoms with van der Waals surface area (Å²) in [6.07, 6.45) is 8.64. The highest BCUT2D eigenvalue weighted by atomic mass is 14.3. The summed E-state index contributed by atoms with van der Waals surface area (Å²) in [7, 11) is 0. The topological polar surface area (TPSA) is 23.8 Å². The third-order valence-electron chi connectivity index (χ3n) is 5.07. The Morgan fingerprint density at radius 1 is 1.00 bits per heavy atom. The van der Waals surface area contributed by atoms with E-state index >= 15 is 0 Å². The van der Waals surface area contributed by atoms with Crippen LogP contribution in [-0.4, -0.2) is 0 Å². The fraction of sp³-hybridized carbons (Fsp3) is 0.409. The Bertz CT molecular complexity index is 688. The minimum absolute atomic E-state index is 0.573. The van der Waals surface area contributed by atoms with Gasteiger partial charge in [-0.15, -0.1) is 0 Å². The Labute approximate surface area is 140 Å². The molecule has 0 spiro atoms. The second-order valence-corrected chi connectivity index (χ2v) is 6.62. The molecule has 0 atom stereocenters. The predicted molar refractivity (Wildman–Crippen MR) is 96.4 cm³/mol. The average Bonchev–Trinajstić information content (AvgIpc) is 2.63. The molecule has 0 unspecified atom stereocenters. The van der Waals surface area contributed by atoms with E-state index in [1.165, 1.54) is 43.2 Å². The molecule has 1 fully saturated rings. The van der Waals surface area contributed by atoms with Crippen LogP contribution in [0.2, 0.25) is 0 Å². The molecule has 3 rings (SSSR count). The van der Waals surface area contributed by atoms with Crippen molar-refractivity contribution in [3.63, 3.8) is 0 Å². The minimum atomic E-state index is 0.573. The number of rotatable bonds is 4. The summed E-state index contributed by atoms with van der Waals surface area (Å²) in [5, 5.41) is 9.93.